The summed E-state index contributed by atoms with van der Waals surface area (Å²) in [5.74, 6) is 0.856. The topological polar surface area (TPSA) is 58.3 Å². The summed E-state index contributed by atoms with van der Waals surface area (Å²) in [4.78, 5) is 0. The third-order valence-corrected chi connectivity index (χ3v) is 3.37. The summed E-state index contributed by atoms with van der Waals surface area (Å²) in [7, 11) is 0. The smallest absolute Gasteiger partial charge is 0.138 e. The van der Waals surface area contributed by atoms with Crippen LogP contribution in [0.25, 0.3) is 0 Å². The van der Waals surface area contributed by atoms with Crippen molar-refractivity contribution >= 4 is 0 Å². The maximum Gasteiger partial charge on any atom is 0.138 e. The van der Waals surface area contributed by atoms with Crippen molar-refractivity contribution < 1.29 is 9.63 Å². The molecule has 0 unspecified atom stereocenters. The molecular weight excluding hydrogens is 228 g/mol. The molecule has 18 heavy (non-hydrogen) atoms. The first-order valence-corrected chi connectivity index (χ1v) is 6.87. The van der Waals surface area contributed by atoms with Crippen LogP contribution < -0.4 is 5.32 Å². The number of aromatic nitrogens is 1. The molecular formula is C14H26N2O2. The first-order chi connectivity index (χ1) is 8.52. The molecule has 0 saturated heterocycles. The third-order valence-electron chi connectivity index (χ3n) is 3.37. The van der Waals surface area contributed by atoms with Crippen molar-refractivity contribution in [3.63, 3.8) is 0 Å². The molecule has 1 aromatic heterocycles. The quantitative estimate of drug-likeness (QED) is 0.749. The summed E-state index contributed by atoms with van der Waals surface area (Å²) >= 11 is 0. The number of aliphatic hydroxyl groups is 1. The molecule has 0 amide bonds. The Morgan fingerprint density at radius 3 is 2.28 bits per heavy atom. The minimum atomic E-state index is -0.581. The Balaban J connectivity index is 2.48. The Morgan fingerprint density at radius 1 is 1.22 bits per heavy atom. The number of hydrogen-bond donors (Lipinski definition) is 2. The van der Waals surface area contributed by atoms with Gasteiger partial charge in [-0.05, 0) is 26.7 Å². The Bertz CT molecular complexity index is 335. The summed E-state index contributed by atoms with van der Waals surface area (Å²) in [5.41, 5.74) is 1.45. The van der Waals surface area contributed by atoms with E-state index < -0.39 is 5.60 Å². The monoisotopic (exact) mass is 254 g/mol. The van der Waals surface area contributed by atoms with Crippen molar-refractivity contribution in [1.29, 1.82) is 0 Å². The lowest BCUT2D eigenvalue weighted by Gasteiger charge is -2.27. The normalized spacial score (nSPS) is 12.1. The van der Waals surface area contributed by atoms with Gasteiger partial charge < -0.3 is 14.9 Å². The first kappa shape index (κ1) is 15.2. The van der Waals surface area contributed by atoms with Crippen molar-refractivity contribution in [3.05, 3.63) is 17.0 Å². The standard InChI is InChI=1S/C14H26N2O2/c1-5-7-14(17,8-6-2)10-15-9-13-11(3)16-18-12(13)4/h15,17H,5-10H2,1-4H3. The molecule has 0 aliphatic carbocycles. The van der Waals surface area contributed by atoms with Crippen LogP contribution in [0.2, 0.25) is 0 Å². The highest BCUT2D eigenvalue weighted by molar-refractivity contribution is 5.20. The van der Waals surface area contributed by atoms with Crippen molar-refractivity contribution in [2.45, 2.75) is 65.5 Å². The van der Waals surface area contributed by atoms with Crippen LogP contribution in [-0.4, -0.2) is 22.4 Å². The molecule has 1 rings (SSSR count). The van der Waals surface area contributed by atoms with Gasteiger partial charge in [0.15, 0.2) is 0 Å². The maximum atomic E-state index is 10.5. The van der Waals surface area contributed by atoms with E-state index >= 15 is 0 Å². The summed E-state index contributed by atoms with van der Waals surface area (Å²) in [6.45, 7) is 9.40. The van der Waals surface area contributed by atoms with E-state index in [9.17, 15) is 5.11 Å². The van der Waals surface area contributed by atoms with Crippen LogP contribution in [0, 0.1) is 13.8 Å². The van der Waals surface area contributed by atoms with E-state index in [0.29, 0.717) is 13.1 Å². The fourth-order valence-corrected chi connectivity index (χ4v) is 2.41. The molecule has 0 bridgehead atoms. The Hall–Kier alpha value is -0.870. The van der Waals surface area contributed by atoms with Crippen LogP contribution in [-0.2, 0) is 6.54 Å². The van der Waals surface area contributed by atoms with Gasteiger partial charge in [0.1, 0.15) is 5.76 Å². The number of nitrogens with zero attached hydrogens (tertiary/aromatic N) is 1. The molecule has 4 nitrogen and oxygen atoms in total. The molecule has 0 aromatic carbocycles. The molecule has 104 valence electrons. The summed E-state index contributed by atoms with van der Waals surface area (Å²) in [5, 5.41) is 17.7. The van der Waals surface area contributed by atoms with E-state index in [1.54, 1.807) is 0 Å². The Kier molecular flexibility index (Phi) is 5.82. The predicted molar refractivity (Wildman–Crippen MR) is 72.4 cm³/mol. The van der Waals surface area contributed by atoms with Crippen molar-refractivity contribution in [2.75, 3.05) is 6.54 Å². The van der Waals surface area contributed by atoms with Crippen LogP contribution in [0.5, 0.6) is 0 Å². The predicted octanol–water partition coefficient (Wildman–Crippen LogP) is 2.71. The maximum absolute atomic E-state index is 10.5. The van der Waals surface area contributed by atoms with Crippen molar-refractivity contribution in [2.24, 2.45) is 0 Å². The van der Waals surface area contributed by atoms with Crippen LogP contribution in [0.1, 0.15) is 56.5 Å². The van der Waals surface area contributed by atoms with Crippen molar-refractivity contribution in [1.82, 2.24) is 10.5 Å². The summed E-state index contributed by atoms with van der Waals surface area (Å²) in [6, 6.07) is 0. The second-order valence-electron chi connectivity index (χ2n) is 5.13. The zero-order valence-electron chi connectivity index (χ0n) is 12.0. The van der Waals surface area contributed by atoms with Crippen LogP contribution in [0.3, 0.4) is 0 Å². The zero-order valence-corrected chi connectivity index (χ0v) is 12.0. The molecule has 0 atom stereocenters. The van der Waals surface area contributed by atoms with Gasteiger partial charge in [0.2, 0.25) is 0 Å². The highest BCUT2D eigenvalue weighted by atomic mass is 16.5. The zero-order chi connectivity index (χ0) is 13.6. The van der Waals surface area contributed by atoms with E-state index in [1.165, 1.54) is 0 Å². The molecule has 0 fully saturated rings. The molecule has 2 N–H and O–H groups in total. The van der Waals surface area contributed by atoms with Gasteiger partial charge in [0.05, 0.1) is 11.3 Å². The number of hydrogen-bond acceptors (Lipinski definition) is 4. The minimum Gasteiger partial charge on any atom is -0.389 e. The van der Waals surface area contributed by atoms with Gasteiger partial charge in [0.25, 0.3) is 0 Å². The molecule has 0 aliphatic rings. The van der Waals surface area contributed by atoms with Gasteiger partial charge in [0, 0.05) is 18.7 Å². The molecule has 0 radical (unpaired) electrons. The van der Waals surface area contributed by atoms with E-state index in [-0.39, 0.29) is 0 Å². The second kappa shape index (κ2) is 6.90. The average Bonchev–Trinajstić information content (AvgIpc) is 2.61. The van der Waals surface area contributed by atoms with Gasteiger partial charge >= 0.3 is 0 Å². The SMILES string of the molecule is CCCC(O)(CCC)CNCc1c(C)noc1C. The van der Waals surface area contributed by atoms with Gasteiger partial charge in [-0.25, -0.2) is 0 Å². The number of nitrogens with one attached hydrogen (secondary N) is 1. The summed E-state index contributed by atoms with van der Waals surface area (Å²) < 4.78 is 5.12. The largest absolute Gasteiger partial charge is 0.389 e. The average molecular weight is 254 g/mol. The van der Waals surface area contributed by atoms with Crippen LogP contribution in [0.4, 0.5) is 0 Å². The minimum absolute atomic E-state index is 0.581. The lowest BCUT2D eigenvalue weighted by molar-refractivity contribution is 0.0214. The fraction of sp³-hybridized carbons (Fsp3) is 0.786. The van der Waals surface area contributed by atoms with E-state index in [2.05, 4.69) is 24.3 Å². The molecule has 0 saturated carbocycles. The summed E-state index contributed by atoms with van der Waals surface area (Å²) in [6.07, 6.45) is 3.69. The van der Waals surface area contributed by atoms with E-state index in [0.717, 1.165) is 42.7 Å². The molecule has 0 spiro atoms. The Morgan fingerprint density at radius 2 is 1.83 bits per heavy atom. The van der Waals surface area contributed by atoms with E-state index in [1.807, 2.05) is 13.8 Å². The molecule has 1 heterocycles. The lowest BCUT2D eigenvalue weighted by Crippen LogP contribution is -2.40. The third kappa shape index (κ3) is 4.10. The first-order valence-electron chi connectivity index (χ1n) is 6.87. The van der Waals surface area contributed by atoms with Gasteiger partial charge in [-0.2, -0.15) is 0 Å². The lowest BCUT2D eigenvalue weighted by atomic mass is 9.92. The highest BCUT2D eigenvalue weighted by Gasteiger charge is 2.24. The Labute approximate surface area is 110 Å². The van der Waals surface area contributed by atoms with Gasteiger partial charge in [-0.1, -0.05) is 31.8 Å². The van der Waals surface area contributed by atoms with Crippen molar-refractivity contribution in [3.8, 4) is 0 Å². The second-order valence-corrected chi connectivity index (χ2v) is 5.13. The highest BCUT2D eigenvalue weighted by Crippen LogP contribution is 2.19. The molecule has 0 aliphatic heterocycles. The van der Waals surface area contributed by atoms with Crippen LogP contribution in [0.15, 0.2) is 4.52 Å². The van der Waals surface area contributed by atoms with E-state index in [4.69, 9.17) is 4.52 Å². The molecule has 1 aromatic rings. The van der Waals surface area contributed by atoms with Gasteiger partial charge in [-0.3, -0.25) is 0 Å². The fourth-order valence-electron chi connectivity index (χ4n) is 2.41. The van der Waals surface area contributed by atoms with Crippen LogP contribution >= 0.6 is 0 Å². The molecule has 4 heteroatoms. The number of aryl methyl sites for hydroxylation is 2. The van der Waals surface area contributed by atoms with Gasteiger partial charge in [-0.15, -0.1) is 0 Å². The number of rotatable bonds is 8.